The molecule has 0 aliphatic heterocycles. The van der Waals surface area contributed by atoms with Crippen LogP contribution in [0.1, 0.15) is 11.1 Å². The Morgan fingerprint density at radius 2 is 1.88 bits per heavy atom. The van der Waals surface area contributed by atoms with Crippen molar-refractivity contribution in [3.63, 3.8) is 0 Å². The van der Waals surface area contributed by atoms with Gasteiger partial charge in [0.15, 0.2) is 9.84 Å². The predicted molar refractivity (Wildman–Crippen MR) is 95.3 cm³/mol. The second-order valence-electron chi connectivity index (χ2n) is 5.37. The normalized spacial score (nSPS) is 11.1. The van der Waals surface area contributed by atoms with Crippen LogP contribution in [0.5, 0.6) is 5.75 Å². The first-order valence-electron chi connectivity index (χ1n) is 7.19. The molecule has 0 aromatic heterocycles. The van der Waals surface area contributed by atoms with Crippen molar-refractivity contribution in [3.05, 3.63) is 58.6 Å². The SMILES string of the molecule is COc1cc(Cl)c(C)cc1NC(=O)CS(=O)(=O)Cc1ccccc1. The summed E-state index contributed by atoms with van der Waals surface area (Å²) in [5, 5.41) is 3.07. The highest BCUT2D eigenvalue weighted by atomic mass is 35.5. The third kappa shape index (κ3) is 4.97. The Hall–Kier alpha value is -2.05. The Morgan fingerprint density at radius 1 is 1.21 bits per heavy atom. The van der Waals surface area contributed by atoms with Crippen molar-refractivity contribution in [2.45, 2.75) is 12.7 Å². The van der Waals surface area contributed by atoms with E-state index in [1.807, 2.05) is 0 Å². The average Bonchev–Trinajstić information content (AvgIpc) is 2.50. The van der Waals surface area contributed by atoms with Gasteiger partial charge in [-0.1, -0.05) is 41.9 Å². The van der Waals surface area contributed by atoms with Gasteiger partial charge < -0.3 is 10.1 Å². The van der Waals surface area contributed by atoms with Crippen LogP contribution in [-0.2, 0) is 20.4 Å². The van der Waals surface area contributed by atoms with Crippen molar-refractivity contribution in [3.8, 4) is 5.75 Å². The van der Waals surface area contributed by atoms with Crippen molar-refractivity contribution in [1.82, 2.24) is 0 Å². The average molecular weight is 368 g/mol. The van der Waals surface area contributed by atoms with Crippen LogP contribution in [0.3, 0.4) is 0 Å². The van der Waals surface area contributed by atoms with Gasteiger partial charge >= 0.3 is 0 Å². The number of methoxy groups -OCH3 is 1. The van der Waals surface area contributed by atoms with Gasteiger partial charge in [-0.3, -0.25) is 4.79 Å². The standard InChI is InChI=1S/C17H18ClNO4S/c1-12-8-15(16(23-2)9-14(12)18)19-17(20)11-24(21,22)10-13-6-4-3-5-7-13/h3-9H,10-11H2,1-2H3,(H,19,20). The lowest BCUT2D eigenvalue weighted by Gasteiger charge is -2.12. The number of hydrogen-bond acceptors (Lipinski definition) is 4. The van der Waals surface area contributed by atoms with E-state index in [9.17, 15) is 13.2 Å². The number of sulfone groups is 1. The molecule has 0 aliphatic carbocycles. The molecule has 1 amide bonds. The largest absolute Gasteiger partial charge is 0.495 e. The number of rotatable bonds is 6. The number of benzene rings is 2. The fraction of sp³-hybridized carbons (Fsp3) is 0.235. The molecule has 7 heteroatoms. The summed E-state index contributed by atoms with van der Waals surface area (Å²) in [5.41, 5.74) is 1.78. The van der Waals surface area contributed by atoms with E-state index in [1.54, 1.807) is 49.4 Å². The molecule has 0 saturated carbocycles. The number of aryl methyl sites for hydroxylation is 1. The lowest BCUT2D eigenvalue weighted by molar-refractivity contribution is -0.113. The Kier molecular flexibility index (Phi) is 5.85. The van der Waals surface area contributed by atoms with E-state index in [0.29, 0.717) is 22.0 Å². The van der Waals surface area contributed by atoms with E-state index in [2.05, 4.69) is 5.32 Å². The van der Waals surface area contributed by atoms with Crippen molar-refractivity contribution in [2.75, 3.05) is 18.2 Å². The molecule has 0 heterocycles. The van der Waals surface area contributed by atoms with Crippen LogP contribution in [-0.4, -0.2) is 27.2 Å². The molecule has 5 nitrogen and oxygen atoms in total. The first-order valence-corrected chi connectivity index (χ1v) is 9.39. The molecule has 0 bridgehead atoms. The summed E-state index contributed by atoms with van der Waals surface area (Å²) < 4.78 is 29.5. The molecule has 0 unspecified atom stereocenters. The third-order valence-electron chi connectivity index (χ3n) is 3.34. The van der Waals surface area contributed by atoms with Crippen molar-refractivity contribution in [1.29, 1.82) is 0 Å². The van der Waals surface area contributed by atoms with E-state index >= 15 is 0 Å². The number of amides is 1. The zero-order chi connectivity index (χ0) is 17.7. The number of anilines is 1. The van der Waals surface area contributed by atoms with E-state index in [4.69, 9.17) is 16.3 Å². The van der Waals surface area contributed by atoms with Crippen LogP contribution in [0.15, 0.2) is 42.5 Å². The van der Waals surface area contributed by atoms with Gasteiger partial charge in [0.1, 0.15) is 11.5 Å². The molecule has 24 heavy (non-hydrogen) atoms. The van der Waals surface area contributed by atoms with Gasteiger partial charge in [-0.15, -0.1) is 0 Å². The summed E-state index contributed by atoms with van der Waals surface area (Å²) in [6.45, 7) is 1.78. The molecule has 2 rings (SSSR count). The minimum absolute atomic E-state index is 0.182. The molecule has 0 atom stereocenters. The fourth-order valence-corrected chi connectivity index (χ4v) is 3.62. The maximum Gasteiger partial charge on any atom is 0.239 e. The van der Waals surface area contributed by atoms with Crippen LogP contribution in [0.25, 0.3) is 0 Å². The molecular weight excluding hydrogens is 350 g/mol. The highest BCUT2D eigenvalue weighted by molar-refractivity contribution is 7.91. The molecule has 0 radical (unpaired) electrons. The summed E-state index contributed by atoms with van der Waals surface area (Å²) in [5.74, 6) is -1.03. The number of carbonyl (C=O) groups excluding carboxylic acids is 1. The van der Waals surface area contributed by atoms with Crippen molar-refractivity contribution >= 4 is 33.0 Å². The third-order valence-corrected chi connectivity index (χ3v) is 5.22. The summed E-state index contributed by atoms with van der Waals surface area (Å²) >= 11 is 6.01. The predicted octanol–water partition coefficient (Wildman–Crippen LogP) is 3.21. The van der Waals surface area contributed by atoms with Crippen LogP contribution in [0, 0.1) is 6.92 Å². The second kappa shape index (κ2) is 7.68. The fourth-order valence-electron chi connectivity index (χ4n) is 2.20. The van der Waals surface area contributed by atoms with Gasteiger partial charge in [-0.05, 0) is 24.1 Å². The molecule has 2 aromatic carbocycles. The quantitative estimate of drug-likeness (QED) is 0.850. The molecule has 0 fully saturated rings. The Bertz CT molecular complexity index is 835. The van der Waals surface area contributed by atoms with E-state index in [-0.39, 0.29) is 5.75 Å². The second-order valence-corrected chi connectivity index (χ2v) is 7.84. The molecule has 0 aliphatic rings. The molecule has 1 N–H and O–H groups in total. The molecule has 128 valence electrons. The summed E-state index contributed by atoms with van der Waals surface area (Å²) in [7, 11) is -2.12. The minimum Gasteiger partial charge on any atom is -0.495 e. The Morgan fingerprint density at radius 3 is 2.50 bits per heavy atom. The van der Waals surface area contributed by atoms with Crippen LogP contribution >= 0.6 is 11.6 Å². The van der Waals surface area contributed by atoms with Gasteiger partial charge in [-0.25, -0.2) is 8.42 Å². The van der Waals surface area contributed by atoms with Crippen molar-refractivity contribution in [2.24, 2.45) is 0 Å². The van der Waals surface area contributed by atoms with Crippen LogP contribution < -0.4 is 10.1 Å². The highest BCUT2D eigenvalue weighted by Gasteiger charge is 2.19. The summed E-state index contributed by atoms with van der Waals surface area (Å²) in [4.78, 5) is 12.1. The zero-order valence-corrected chi connectivity index (χ0v) is 14.9. The van der Waals surface area contributed by atoms with Gasteiger partial charge in [0, 0.05) is 11.1 Å². The first-order chi connectivity index (χ1) is 11.3. The van der Waals surface area contributed by atoms with Crippen molar-refractivity contribution < 1.29 is 17.9 Å². The Balaban J connectivity index is 2.09. The van der Waals surface area contributed by atoms with Gasteiger partial charge in [-0.2, -0.15) is 0 Å². The number of halogens is 1. The van der Waals surface area contributed by atoms with E-state index < -0.39 is 21.5 Å². The highest BCUT2D eigenvalue weighted by Crippen LogP contribution is 2.30. The van der Waals surface area contributed by atoms with Crippen LogP contribution in [0.4, 0.5) is 5.69 Å². The lowest BCUT2D eigenvalue weighted by Crippen LogP contribution is -2.24. The molecular formula is C17H18ClNO4S. The lowest BCUT2D eigenvalue weighted by atomic mass is 10.2. The zero-order valence-electron chi connectivity index (χ0n) is 13.4. The number of nitrogens with one attached hydrogen (secondary N) is 1. The maximum absolute atomic E-state index is 12.2. The Labute approximate surface area is 146 Å². The van der Waals surface area contributed by atoms with E-state index in [1.165, 1.54) is 7.11 Å². The molecule has 0 saturated heterocycles. The topological polar surface area (TPSA) is 72.5 Å². The number of ether oxygens (including phenoxy) is 1. The molecule has 0 spiro atoms. The molecule has 2 aromatic rings. The van der Waals surface area contributed by atoms with Gasteiger partial charge in [0.25, 0.3) is 0 Å². The van der Waals surface area contributed by atoms with Gasteiger partial charge in [0.05, 0.1) is 18.6 Å². The van der Waals surface area contributed by atoms with E-state index in [0.717, 1.165) is 5.56 Å². The summed E-state index contributed by atoms with van der Waals surface area (Å²) in [6, 6.07) is 12.0. The summed E-state index contributed by atoms with van der Waals surface area (Å²) in [6.07, 6.45) is 0. The number of hydrogen-bond donors (Lipinski definition) is 1. The monoisotopic (exact) mass is 367 g/mol. The minimum atomic E-state index is -3.57. The first kappa shape index (κ1) is 18.3. The maximum atomic E-state index is 12.2. The number of carbonyl (C=O) groups is 1. The smallest absolute Gasteiger partial charge is 0.239 e. The van der Waals surface area contributed by atoms with Crippen LogP contribution in [0.2, 0.25) is 5.02 Å². The van der Waals surface area contributed by atoms with Gasteiger partial charge in [0.2, 0.25) is 5.91 Å².